The van der Waals surface area contributed by atoms with Gasteiger partial charge in [-0.25, -0.2) is 0 Å². The highest BCUT2D eigenvalue weighted by Crippen LogP contribution is 2.39. The molecule has 0 aromatic rings. The number of carbonyl (C=O) groups is 1. The van der Waals surface area contributed by atoms with Gasteiger partial charge in [-0.2, -0.15) is 0 Å². The summed E-state index contributed by atoms with van der Waals surface area (Å²) in [4.78, 5) is 11.3. The molecule has 1 aliphatic rings. The van der Waals surface area contributed by atoms with E-state index in [1.807, 2.05) is 0 Å². The lowest BCUT2D eigenvalue weighted by Gasteiger charge is -2.36. The van der Waals surface area contributed by atoms with Crippen LogP contribution in [-0.4, -0.2) is 13.1 Å². The average Bonchev–Trinajstić information content (AvgIpc) is 2.15. The maximum absolute atomic E-state index is 11.3. The summed E-state index contributed by atoms with van der Waals surface area (Å²) in [5.41, 5.74) is 0.390. The zero-order chi connectivity index (χ0) is 10.8. The lowest BCUT2D eigenvalue weighted by Crippen LogP contribution is -2.29. The fourth-order valence-corrected chi connectivity index (χ4v) is 2.36. The molecule has 0 heterocycles. The van der Waals surface area contributed by atoms with Crippen molar-refractivity contribution in [2.24, 2.45) is 17.3 Å². The molecule has 1 fully saturated rings. The highest BCUT2D eigenvalue weighted by molar-refractivity contribution is 5.72. The fraction of sp³-hybridized carbons (Fsp3) is 0.917. The molecule has 1 rings (SSSR count). The summed E-state index contributed by atoms with van der Waals surface area (Å²) in [7, 11) is 1.48. The van der Waals surface area contributed by atoms with Gasteiger partial charge in [-0.15, -0.1) is 0 Å². The minimum atomic E-state index is -0.0163. The van der Waals surface area contributed by atoms with Gasteiger partial charge < -0.3 is 4.74 Å². The van der Waals surface area contributed by atoms with Gasteiger partial charge in [0.05, 0.1) is 13.0 Å². The molecule has 0 aliphatic heterocycles. The molecule has 0 saturated heterocycles. The Morgan fingerprint density at radius 1 is 1.14 bits per heavy atom. The van der Waals surface area contributed by atoms with Crippen LogP contribution in [0.5, 0.6) is 0 Å². The van der Waals surface area contributed by atoms with E-state index in [1.54, 1.807) is 0 Å². The van der Waals surface area contributed by atoms with E-state index in [-0.39, 0.29) is 11.9 Å². The largest absolute Gasteiger partial charge is 0.469 e. The first-order valence-corrected chi connectivity index (χ1v) is 5.53. The molecule has 2 nitrogen and oxygen atoms in total. The molecular weight excluding hydrogens is 176 g/mol. The first-order chi connectivity index (χ1) is 6.45. The normalized spacial score (nSPS) is 28.6. The van der Waals surface area contributed by atoms with E-state index in [1.165, 1.54) is 20.0 Å². The standard InChI is InChI=1S/C12H22O2/c1-12(2,3)10-7-5-9(6-8-10)11(13)14-4/h9-10H,5-8H2,1-4H3/t9-,10-. The zero-order valence-corrected chi connectivity index (χ0v) is 9.80. The third-order valence-electron chi connectivity index (χ3n) is 3.49. The first-order valence-electron chi connectivity index (χ1n) is 5.53. The molecule has 2 heteroatoms. The predicted molar refractivity (Wildman–Crippen MR) is 56.9 cm³/mol. The molecule has 0 spiro atoms. The van der Waals surface area contributed by atoms with E-state index in [9.17, 15) is 4.79 Å². The third-order valence-corrected chi connectivity index (χ3v) is 3.49. The maximum atomic E-state index is 11.3. The van der Waals surface area contributed by atoms with Crippen LogP contribution in [0.2, 0.25) is 0 Å². The van der Waals surface area contributed by atoms with Gasteiger partial charge in [-0.3, -0.25) is 4.79 Å². The number of hydrogen-bond acceptors (Lipinski definition) is 2. The Bertz CT molecular complexity index is 195. The number of methoxy groups -OCH3 is 1. The zero-order valence-electron chi connectivity index (χ0n) is 9.80. The Hall–Kier alpha value is -0.530. The van der Waals surface area contributed by atoms with Gasteiger partial charge in [-0.05, 0) is 37.0 Å². The van der Waals surface area contributed by atoms with E-state index in [4.69, 9.17) is 4.74 Å². The van der Waals surface area contributed by atoms with E-state index in [0.29, 0.717) is 5.41 Å². The monoisotopic (exact) mass is 198 g/mol. The number of ether oxygens (including phenoxy) is 1. The lowest BCUT2D eigenvalue weighted by atomic mass is 9.70. The van der Waals surface area contributed by atoms with Crippen LogP contribution in [-0.2, 0) is 9.53 Å². The summed E-state index contributed by atoms with van der Waals surface area (Å²) < 4.78 is 4.77. The second kappa shape index (κ2) is 4.33. The summed E-state index contributed by atoms with van der Waals surface area (Å²) in [5, 5.41) is 0. The molecule has 0 N–H and O–H groups in total. The Morgan fingerprint density at radius 2 is 1.64 bits per heavy atom. The average molecular weight is 198 g/mol. The summed E-state index contributed by atoms with van der Waals surface area (Å²) >= 11 is 0. The van der Waals surface area contributed by atoms with Crippen LogP contribution < -0.4 is 0 Å². The molecule has 0 radical (unpaired) electrons. The van der Waals surface area contributed by atoms with Crippen molar-refractivity contribution in [3.63, 3.8) is 0 Å². The molecule has 82 valence electrons. The minimum Gasteiger partial charge on any atom is -0.469 e. The van der Waals surface area contributed by atoms with Gasteiger partial charge in [0.1, 0.15) is 0 Å². The lowest BCUT2D eigenvalue weighted by molar-refractivity contribution is -0.147. The van der Waals surface area contributed by atoms with Gasteiger partial charge in [-0.1, -0.05) is 20.8 Å². The summed E-state index contributed by atoms with van der Waals surface area (Å²) in [6, 6.07) is 0. The van der Waals surface area contributed by atoms with E-state index < -0.39 is 0 Å². The fourth-order valence-electron chi connectivity index (χ4n) is 2.36. The van der Waals surface area contributed by atoms with Crippen molar-refractivity contribution in [3.8, 4) is 0 Å². The van der Waals surface area contributed by atoms with Crippen molar-refractivity contribution < 1.29 is 9.53 Å². The maximum Gasteiger partial charge on any atom is 0.308 e. The molecule has 0 unspecified atom stereocenters. The van der Waals surface area contributed by atoms with Crippen molar-refractivity contribution in [2.45, 2.75) is 46.5 Å². The number of esters is 1. The Labute approximate surface area is 87.0 Å². The van der Waals surface area contributed by atoms with Crippen molar-refractivity contribution in [2.75, 3.05) is 7.11 Å². The number of rotatable bonds is 1. The Kier molecular flexibility index (Phi) is 3.57. The minimum absolute atomic E-state index is 0.0163. The second-order valence-corrected chi connectivity index (χ2v) is 5.44. The molecule has 0 bridgehead atoms. The molecule has 0 atom stereocenters. The van der Waals surface area contributed by atoms with Crippen LogP contribution >= 0.6 is 0 Å². The quantitative estimate of drug-likeness (QED) is 0.605. The second-order valence-electron chi connectivity index (χ2n) is 5.44. The van der Waals surface area contributed by atoms with Gasteiger partial charge in [0.15, 0.2) is 0 Å². The molecule has 0 amide bonds. The summed E-state index contributed by atoms with van der Waals surface area (Å²) in [6.07, 6.45) is 4.36. The van der Waals surface area contributed by atoms with Gasteiger partial charge in [0, 0.05) is 0 Å². The Balaban J connectivity index is 2.43. The Morgan fingerprint density at radius 3 is 2.00 bits per heavy atom. The third kappa shape index (κ3) is 2.73. The van der Waals surface area contributed by atoms with E-state index in [2.05, 4.69) is 20.8 Å². The van der Waals surface area contributed by atoms with E-state index in [0.717, 1.165) is 18.8 Å². The molecular formula is C12H22O2. The van der Waals surface area contributed by atoms with Crippen LogP contribution in [0.15, 0.2) is 0 Å². The van der Waals surface area contributed by atoms with Crippen molar-refractivity contribution in [3.05, 3.63) is 0 Å². The van der Waals surface area contributed by atoms with Crippen molar-refractivity contribution in [1.29, 1.82) is 0 Å². The van der Waals surface area contributed by atoms with Gasteiger partial charge in [0.25, 0.3) is 0 Å². The SMILES string of the molecule is COC(=O)[C@H]1CC[C@H](C(C)(C)C)CC1. The molecule has 0 aromatic heterocycles. The van der Waals surface area contributed by atoms with Crippen LogP contribution in [0, 0.1) is 17.3 Å². The van der Waals surface area contributed by atoms with Crippen LogP contribution in [0.25, 0.3) is 0 Å². The van der Waals surface area contributed by atoms with Gasteiger partial charge in [0.2, 0.25) is 0 Å². The molecule has 1 aliphatic carbocycles. The highest BCUT2D eigenvalue weighted by atomic mass is 16.5. The van der Waals surface area contributed by atoms with E-state index >= 15 is 0 Å². The smallest absolute Gasteiger partial charge is 0.308 e. The van der Waals surface area contributed by atoms with Crippen LogP contribution in [0.4, 0.5) is 0 Å². The summed E-state index contributed by atoms with van der Waals surface area (Å²) in [6.45, 7) is 6.86. The highest BCUT2D eigenvalue weighted by Gasteiger charge is 2.32. The van der Waals surface area contributed by atoms with Crippen molar-refractivity contribution in [1.82, 2.24) is 0 Å². The molecule has 0 aromatic carbocycles. The van der Waals surface area contributed by atoms with Crippen LogP contribution in [0.1, 0.15) is 46.5 Å². The first kappa shape index (κ1) is 11.5. The molecule has 1 saturated carbocycles. The topological polar surface area (TPSA) is 26.3 Å². The molecule has 14 heavy (non-hydrogen) atoms. The van der Waals surface area contributed by atoms with Crippen molar-refractivity contribution >= 4 is 5.97 Å². The number of carbonyl (C=O) groups excluding carboxylic acids is 1. The number of hydrogen-bond donors (Lipinski definition) is 0. The van der Waals surface area contributed by atoms with Crippen LogP contribution in [0.3, 0.4) is 0 Å². The summed E-state index contributed by atoms with van der Waals surface area (Å²) in [5.74, 6) is 0.916. The van der Waals surface area contributed by atoms with Gasteiger partial charge >= 0.3 is 5.97 Å². The predicted octanol–water partition coefficient (Wildman–Crippen LogP) is 3.01.